The molecule has 0 spiro atoms. The van der Waals surface area contributed by atoms with E-state index in [0.717, 1.165) is 37.1 Å². The minimum atomic E-state index is -0.928. The molecule has 0 aliphatic carbocycles. The van der Waals surface area contributed by atoms with Crippen LogP contribution in [0.5, 0.6) is 0 Å². The van der Waals surface area contributed by atoms with Gasteiger partial charge in [-0.05, 0) is 42.3 Å². The van der Waals surface area contributed by atoms with E-state index in [1.807, 2.05) is 18.2 Å². The number of aromatic carboxylic acids is 1. The number of rotatable bonds is 9. The predicted molar refractivity (Wildman–Crippen MR) is 102 cm³/mol. The molecule has 0 aliphatic rings. The van der Waals surface area contributed by atoms with Gasteiger partial charge in [-0.15, -0.1) is 0 Å². The first kappa shape index (κ1) is 19.5. The second-order valence-electron chi connectivity index (χ2n) is 6.17. The topological polar surface area (TPSA) is 66.8 Å². The third kappa shape index (κ3) is 5.34. The number of anilines is 1. The Balaban J connectivity index is 2.20. The van der Waals surface area contributed by atoms with E-state index in [9.17, 15) is 14.7 Å². The Kier molecular flexibility index (Phi) is 7.21. The zero-order valence-electron chi connectivity index (χ0n) is 15.3. The fourth-order valence-electron chi connectivity index (χ4n) is 2.77. The first-order chi connectivity index (χ1) is 12.5. The number of nitrogens with zero attached hydrogens (tertiary/aromatic N) is 1. The number of benzene rings is 2. The van der Waals surface area contributed by atoms with Crippen molar-refractivity contribution in [2.75, 3.05) is 18.6 Å². The van der Waals surface area contributed by atoms with E-state index in [0.29, 0.717) is 12.1 Å². The summed E-state index contributed by atoms with van der Waals surface area (Å²) in [6, 6.07) is 14.3. The second kappa shape index (κ2) is 9.61. The quantitative estimate of drug-likeness (QED) is 0.534. The van der Waals surface area contributed by atoms with E-state index < -0.39 is 5.97 Å². The molecule has 0 aliphatic heterocycles. The molecule has 1 N–H and O–H groups in total. The van der Waals surface area contributed by atoms with Crippen molar-refractivity contribution < 1.29 is 19.4 Å². The van der Waals surface area contributed by atoms with Gasteiger partial charge in [-0.2, -0.15) is 0 Å². The van der Waals surface area contributed by atoms with Crippen LogP contribution >= 0.6 is 0 Å². The molecule has 0 fully saturated rings. The summed E-state index contributed by atoms with van der Waals surface area (Å²) in [7, 11) is 1.36. The van der Waals surface area contributed by atoms with Crippen LogP contribution in [0.3, 0.4) is 0 Å². The lowest BCUT2D eigenvalue weighted by molar-refractivity contribution is 0.0599. The zero-order chi connectivity index (χ0) is 18.9. The molecule has 2 aromatic carbocycles. The molecule has 0 bridgehead atoms. The number of esters is 1. The minimum absolute atomic E-state index is 0.282. The lowest BCUT2D eigenvalue weighted by Gasteiger charge is -2.25. The van der Waals surface area contributed by atoms with Crippen molar-refractivity contribution in [2.24, 2.45) is 0 Å². The molecule has 0 heterocycles. The molecule has 26 heavy (non-hydrogen) atoms. The summed E-state index contributed by atoms with van der Waals surface area (Å²) < 4.78 is 4.72. The first-order valence-electron chi connectivity index (χ1n) is 8.80. The molecule has 0 atom stereocenters. The molecule has 138 valence electrons. The normalized spacial score (nSPS) is 10.4. The van der Waals surface area contributed by atoms with Crippen LogP contribution in [0.15, 0.2) is 48.5 Å². The highest BCUT2D eigenvalue weighted by molar-refractivity contribution is 5.89. The Morgan fingerprint density at radius 3 is 2.38 bits per heavy atom. The number of ether oxygens (including phenoxy) is 1. The highest BCUT2D eigenvalue weighted by Gasteiger charge is 2.11. The SMILES string of the molecule is CCCCCN(Cc1ccc(C(=O)OC)cc1)c1cccc(C(=O)O)c1. The van der Waals surface area contributed by atoms with Crippen molar-refractivity contribution in [1.29, 1.82) is 0 Å². The summed E-state index contributed by atoms with van der Waals surface area (Å²) in [5.74, 6) is -1.28. The van der Waals surface area contributed by atoms with Crippen LogP contribution in [0.25, 0.3) is 0 Å². The number of carbonyl (C=O) groups is 2. The maximum absolute atomic E-state index is 11.6. The van der Waals surface area contributed by atoms with Gasteiger partial charge in [0.15, 0.2) is 0 Å². The van der Waals surface area contributed by atoms with Crippen LogP contribution in [0.2, 0.25) is 0 Å². The monoisotopic (exact) mass is 355 g/mol. The lowest BCUT2D eigenvalue weighted by atomic mass is 10.1. The molecule has 0 unspecified atom stereocenters. The molecule has 0 aromatic heterocycles. The van der Waals surface area contributed by atoms with Gasteiger partial charge in [-0.1, -0.05) is 38.0 Å². The van der Waals surface area contributed by atoms with Crippen molar-refractivity contribution in [2.45, 2.75) is 32.7 Å². The van der Waals surface area contributed by atoms with Gasteiger partial charge in [0.25, 0.3) is 0 Å². The first-order valence-corrected chi connectivity index (χ1v) is 8.80. The number of carboxylic acids is 1. The summed E-state index contributed by atoms with van der Waals surface area (Å²) in [6.45, 7) is 3.64. The fraction of sp³-hybridized carbons (Fsp3) is 0.333. The molecular formula is C21H25NO4. The Bertz CT molecular complexity index is 740. The van der Waals surface area contributed by atoms with Gasteiger partial charge in [-0.3, -0.25) is 0 Å². The van der Waals surface area contributed by atoms with Crippen molar-refractivity contribution >= 4 is 17.6 Å². The smallest absolute Gasteiger partial charge is 0.337 e. The maximum atomic E-state index is 11.6. The van der Waals surface area contributed by atoms with Crippen molar-refractivity contribution in [3.8, 4) is 0 Å². The Morgan fingerprint density at radius 1 is 1.04 bits per heavy atom. The van der Waals surface area contributed by atoms with Gasteiger partial charge in [0.1, 0.15) is 0 Å². The van der Waals surface area contributed by atoms with E-state index in [1.165, 1.54) is 7.11 Å². The largest absolute Gasteiger partial charge is 0.478 e. The van der Waals surface area contributed by atoms with Crippen molar-refractivity contribution in [3.05, 3.63) is 65.2 Å². The second-order valence-corrected chi connectivity index (χ2v) is 6.17. The van der Waals surface area contributed by atoms with Gasteiger partial charge in [0.05, 0.1) is 18.2 Å². The third-order valence-electron chi connectivity index (χ3n) is 4.24. The van der Waals surface area contributed by atoms with E-state index in [4.69, 9.17) is 4.74 Å². The lowest BCUT2D eigenvalue weighted by Crippen LogP contribution is -2.24. The molecule has 0 saturated heterocycles. The summed E-state index contributed by atoms with van der Waals surface area (Å²) in [5, 5.41) is 9.24. The third-order valence-corrected chi connectivity index (χ3v) is 4.24. The van der Waals surface area contributed by atoms with Gasteiger partial charge in [0, 0.05) is 18.8 Å². The van der Waals surface area contributed by atoms with Crippen LogP contribution in [0.1, 0.15) is 52.5 Å². The van der Waals surface area contributed by atoms with Gasteiger partial charge in [-0.25, -0.2) is 9.59 Å². The number of methoxy groups -OCH3 is 1. The average molecular weight is 355 g/mol. The van der Waals surface area contributed by atoms with Gasteiger partial charge in [0.2, 0.25) is 0 Å². The highest BCUT2D eigenvalue weighted by atomic mass is 16.5. The number of hydrogen-bond donors (Lipinski definition) is 1. The molecule has 0 radical (unpaired) electrons. The minimum Gasteiger partial charge on any atom is -0.478 e. The van der Waals surface area contributed by atoms with E-state index in [1.54, 1.807) is 30.3 Å². The van der Waals surface area contributed by atoms with Crippen LogP contribution in [-0.4, -0.2) is 30.7 Å². The van der Waals surface area contributed by atoms with E-state index >= 15 is 0 Å². The molecule has 2 rings (SSSR count). The molecule has 5 heteroatoms. The van der Waals surface area contributed by atoms with Crippen LogP contribution in [-0.2, 0) is 11.3 Å². The number of unbranched alkanes of at least 4 members (excludes halogenated alkanes) is 2. The molecule has 2 aromatic rings. The zero-order valence-corrected chi connectivity index (χ0v) is 15.3. The fourth-order valence-corrected chi connectivity index (χ4v) is 2.77. The van der Waals surface area contributed by atoms with Crippen molar-refractivity contribution in [3.63, 3.8) is 0 Å². The Labute approximate surface area is 154 Å². The maximum Gasteiger partial charge on any atom is 0.337 e. The Hall–Kier alpha value is -2.82. The molecule has 0 amide bonds. The number of carboxylic acid groups (broad SMARTS) is 1. The molecular weight excluding hydrogens is 330 g/mol. The predicted octanol–water partition coefficient (Wildman–Crippen LogP) is 4.37. The van der Waals surface area contributed by atoms with Gasteiger partial charge < -0.3 is 14.7 Å². The molecule has 0 saturated carbocycles. The Morgan fingerprint density at radius 2 is 1.77 bits per heavy atom. The van der Waals surface area contributed by atoms with Crippen LogP contribution in [0.4, 0.5) is 5.69 Å². The van der Waals surface area contributed by atoms with Crippen LogP contribution in [0, 0.1) is 0 Å². The summed E-state index contributed by atoms with van der Waals surface area (Å²) >= 11 is 0. The summed E-state index contributed by atoms with van der Waals surface area (Å²) in [5.41, 5.74) is 2.73. The number of hydrogen-bond acceptors (Lipinski definition) is 4. The number of carbonyl (C=O) groups excluding carboxylic acids is 1. The molecule has 5 nitrogen and oxygen atoms in total. The summed E-state index contributed by atoms with van der Waals surface area (Å²) in [6.07, 6.45) is 3.28. The summed E-state index contributed by atoms with van der Waals surface area (Å²) in [4.78, 5) is 25.0. The van der Waals surface area contributed by atoms with Gasteiger partial charge >= 0.3 is 11.9 Å². The standard InChI is InChI=1S/C21H25NO4/c1-3-4-5-13-22(19-8-6-7-18(14-19)20(23)24)15-16-9-11-17(12-10-16)21(25)26-2/h6-12,14H,3-5,13,15H2,1-2H3,(H,23,24). The van der Waals surface area contributed by atoms with E-state index in [2.05, 4.69) is 11.8 Å². The van der Waals surface area contributed by atoms with Crippen LogP contribution < -0.4 is 4.90 Å². The van der Waals surface area contributed by atoms with Crippen molar-refractivity contribution in [1.82, 2.24) is 0 Å². The highest BCUT2D eigenvalue weighted by Crippen LogP contribution is 2.20. The van der Waals surface area contributed by atoms with E-state index in [-0.39, 0.29) is 11.5 Å². The average Bonchev–Trinajstić information content (AvgIpc) is 2.67.